The summed E-state index contributed by atoms with van der Waals surface area (Å²) in [6.07, 6.45) is 7.70. The van der Waals surface area contributed by atoms with Gasteiger partial charge in [0.05, 0.1) is 11.6 Å². The van der Waals surface area contributed by atoms with Crippen molar-refractivity contribution in [2.75, 3.05) is 0 Å². The molecule has 6 heteroatoms. The molecule has 0 saturated carbocycles. The molecule has 0 bridgehead atoms. The van der Waals surface area contributed by atoms with Crippen LogP contribution in [-0.4, -0.2) is 19.1 Å². The molecule has 0 spiro atoms. The summed E-state index contributed by atoms with van der Waals surface area (Å²) in [6.45, 7) is 10.7. The van der Waals surface area contributed by atoms with Crippen LogP contribution in [0.15, 0.2) is 104 Å². The molecule has 6 rings (SSSR count). The molecule has 2 radical (unpaired) electrons. The number of hydrogen-bond acceptors (Lipinski definition) is 2. The number of hydrogen-bond donors (Lipinski definition) is 0. The summed E-state index contributed by atoms with van der Waals surface area (Å²) in [7, 11) is 0. The molecular formula is C35H32Ir2N4-2. The number of aromatic nitrogens is 4. The zero-order valence-corrected chi connectivity index (χ0v) is 28.6. The molecule has 4 aromatic carbocycles. The Bertz CT molecular complexity index is 1660. The summed E-state index contributed by atoms with van der Waals surface area (Å²) in [6, 6.07) is 33.1. The standard InChI is InChI=1S/C18H17N2.C17H15N2.2Ir/c1-13-11-14(2)17(15(3)12-13)20-10-9-19-18(20)16-7-5-4-6-8-16;1-13-7-6-8-14(2)16(13)19-12-11-18-17(19)15-9-4-3-5-10-15;;/h4-7,9-12H,1-3H3;3-9,11-12H,1-2H3;;/q2*-1;;. The van der Waals surface area contributed by atoms with Gasteiger partial charge in [-0.15, -0.1) is 71.8 Å². The maximum absolute atomic E-state index is 4.50. The van der Waals surface area contributed by atoms with Crippen LogP contribution in [-0.2, 0) is 40.2 Å². The minimum atomic E-state index is 0. The van der Waals surface area contributed by atoms with E-state index in [0.29, 0.717) is 0 Å². The van der Waals surface area contributed by atoms with Crippen LogP contribution in [0.3, 0.4) is 0 Å². The Labute approximate surface area is 270 Å². The van der Waals surface area contributed by atoms with Gasteiger partial charge in [-0.25, -0.2) is 0 Å². The van der Waals surface area contributed by atoms with Crippen LogP contribution >= 0.6 is 0 Å². The van der Waals surface area contributed by atoms with Crippen molar-refractivity contribution in [2.45, 2.75) is 34.6 Å². The van der Waals surface area contributed by atoms with Crippen molar-refractivity contribution in [3.8, 4) is 34.2 Å². The monoisotopic (exact) mass is 894 g/mol. The first-order valence-corrected chi connectivity index (χ1v) is 13.1. The molecule has 0 amide bonds. The van der Waals surface area contributed by atoms with Crippen LogP contribution in [0.4, 0.5) is 0 Å². The van der Waals surface area contributed by atoms with E-state index in [4.69, 9.17) is 0 Å². The van der Waals surface area contributed by atoms with Gasteiger partial charge in [-0.1, -0.05) is 35.9 Å². The first kappa shape index (κ1) is 32.1. The topological polar surface area (TPSA) is 35.6 Å². The van der Waals surface area contributed by atoms with Crippen molar-refractivity contribution in [2.24, 2.45) is 0 Å². The van der Waals surface area contributed by atoms with Gasteiger partial charge in [0.15, 0.2) is 0 Å². The Morgan fingerprint density at radius 3 is 1.39 bits per heavy atom. The number of aryl methyl sites for hydroxylation is 5. The molecule has 0 fully saturated rings. The van der Waals surface area contributed by atoms with Crippen molar-refractivity contribution in [3.63, 3.8) is 0 Å². The first-order chi connectivity index (χ1) is 18.9. The van der Waals surface area contributed by atoms with Crippen LogP contribution in [0.1, 0.15) is 27.8 Å². The number of nitrogens with zero attached hydrogens (tertiary/aromatic N) is 4. The number of rotatable bonds is 4. The second-order valence-electron chi connectivity index (χ2n) is 9.78. The van der Waals surface area contributed by atoms with E-state index in [9.17, 15) is 0 Å². The average Bonchev–Trinajstić information content (AvgIpc) is 3.60. The van der Waals surface area contributed by atoms with Gasteiger partial charge in [0, 0.05) is 76.4 Å². The Kier molecular flexibility index (Phi) is 11.3. The Balaban J connectivity index is 0.000000215. The first-order valence-electron chi connectivity index (χ1n) is 13.1. The van der Waals surface area contributed by atoms with Crippen LogP contribution in [0.2, 0.25) is 0 Å². The van der Waals surface area contributed by atoms with Crippen LogP contribution in [0.25, 0.3) is 34.2 Å². The molecule has 212 valence electrons. The zero-order chi connectivity index (χ0) is 27.4. The van der Waals surface area contributed by atoms with Crippen molar-refractivity contribution in [1.29, 1.82) is 0 Å². The molecule has 0 unspecified atom stereocenters. The predicted octanol–water partition coefficient (Wildman–Crippen LogP) is 8.22. The van der Waals surface area contributed by atoms with Gasteiger partial charge in [0.2, 0.25) is 0 Å². The average molecular weight is 893 g/mol. The largest absolute Gasteiger partial charge is 0.340 e. The Morgan fingerprint density at radius 1 is 0.537 bits per heavy atom. The minimum absolute atomic E-state index is 0. The van der Waals surface area contributed by atoms with Crippen LogP contribution < -0.4 is 0 Å². The van der Waals surface area contributed by atoms with E-state index in [2.05, 4.69) is 96.2 Å². The van der Waals surface area contributed by atoms with Gasteiger partial charge in [0.1, 0.15) is 0 Å². The number of para-hydroxylation sites is 1. The van der Waals surface area contributed by atoms with Crippen molar-refractivity contribution >= 4 is 0 Å². The van der Waals surface area contributed by atoms with E-state index in [1.54, 1.807) is 0 Å². The van der Waals surface area contributed by atoms with E-state index in [1.165, 1.54) is 39.2 Å². The van der Waals surface area contributed by atoms with Crippen LogP contribution in [0.5, 0.6) is 0 Å². The molecule has 0 aliphatic heterocycles. The summed E-state index contributed by atoms with van der Waals surface area (Å²) in [5, 5.41) is 0. The van der Waals surface area contributed by atoms with Gasteiger partial charge in [-0.05, 0) is 56.9 Å². The molecule has 2 aromatic heterocycles. The fourth-order valence-electron chi connectivity index (χ4n) is 5.17. The molecule has 41 heavy (non-hydrogen) atoms. The number of imidazole rings is 2. The van der Waals surface area contributed by atoms with Crippen molar-refractivity contribution < 1.29 is 40.2 Å². The van der Waals surface area contributed by atoms with E-state index < -0.39 is 0 Å². The second-order valence-corrected chi connectivity index (χ2v) is 9.78. The number of benzene rings is 4. The van der Waals surface area contributed by atoms with Gasteiger partial charge < -0.3 is 9.13 Å². The summed E-state index contributed by atoms with van der Waals surface area (Å²) < 4.78 is 4.28. The third kappa shape index (κ3) is 7.09. The molecule has 0 saturated heterocycles. The molecule has 2 heterocycles. The molecular weight excluding hydrogens is 861 g/mol. The van der Waals surface area contributed by atoms with Gasteiger partial charge in [-0.2, -0.15) is 0 Å². The van der Waals surface area contributed by atoms with E-state index >= 15 is 0 Å². The van der Waals surface area contributed by atoms with Crippen molar-refractivity contribution in [3.05, 3.63) is 144 Å². The SMILES string of the molecule is Cc1cc(C)c(-n2ccnc2-c2[c-]cccc2)c(C)c1.Cc1cccc(C)c1-n1ccnc1-c1[c-]cccc1.[Ir].[Ir]. The molecule has 0 N–H and O–H groups in total. The van der Waals surface area contributed by atoms with Gasteiger partial charge in [-0.3, -0.25) is 9.97 Å². The quantitative estimate of drug-likeness (QED) is 0.168. The van der Waals surface area contributed by atoms with Gasteiger partial charge >= 0.3 is 0 Å². The molecule has 0 aliphatic carbocycles. The smallest absolute Gasteiger partial charge is 0.0602 e. The Morgan fingerprint density at radius 2 is 0.976 bits per heavy atom. The maximum atomic E-state index is 4.50. The second kappa shape index (κ2) is 14.5. The summed E-state index contributed by atoms with van der Waals surface area (Å²) >= 11 is 0. The molecule has 0 atom stereocenters. The van der Waals surface area contributed by atoms with E-state index in [-0.39, 0.29) is 40.2 Å². The summed E-state index contributed by atoms with van der Waals surface area (Å²) in [5.74, 6) is 1.86. The Hall–Kier alpha value is -3.40. The normalized spacial score (nSPS) is 10.2. The minimum Gasteiger partial charge on any atom is -0.340 e. The van der Waals surface area contributed by atoms with Crippen LogP contribution in [0, 0.1) is 46.8 Å². The third-order valence-corrected chi connectivity index (χ3v) is 6.74. The molecule has 6 aromatic rings. The van der Waals surface area contributed by atoms with E-state index in [1.807, 2.05) is 73.3 Å². The predicted molar refractivity (Wildman–Crippen MR) is 159 cm³/mol. The summed E-state index contributed by atoms with van der Waals surface area (Å²) in [5.41, 5.74) is 10.7. The van der Waals surface area contributed by atoms with Crippen molar-refractivity contribution in [1.82, 2.24) is 19.1 Å². The molecule has 0 aliphatic rings. The third-order valence-electron chi connectivity index (χ3n) is 6.74. The fraction of sp³-hybridized carbons (Fsp3) is 0.143. The zero-order valence-electron chi connectivity index (χ0n) is 23.8. The maximum Gasteiger partial charge on any atom is 0.0602 e. The van der Waals surface area contributed by atoms with E-state index in [0.717, 1.165) is 22.8 Å². The summed E-state index contributed by atoms with van der Waals surface area (Å²) in [4.78, 5) is 8.98. The molecule has 4 nitrogen and oxygen atoms in total. The van der Waals surface area contributed by atoms with Gasteiger partial charge in [0.25, 0.3) is 0 Å². The fourth-order valence-corrected chi connectivity index (χ4v) is 5.17.